The van der Waals surface area contributed by atoms with E-state index in [-0.39, 0.29) is 0 Å². The molecule has 0 unspecified atom stereocenters. The normalized spacial score (nSPS) is 11.4. The van der Waals surface area contributed by atoms with Crippen LogP contribution in [0.15, 0.2) is 78.9 Å². The Morgan fingerprint density at radius 1 is 0.897 bits per heavy atom. The van der Waals surface area contributed by atoms with Gasteiger partial charge >= 0.3 is 5.97 Å². The molecule has 0 saturated heterocycles. The minimum atomic E-state index is -1.43. The third-order valence-electron chi connectivity index (χ3n) is 4.08. The van der Waals surface area contributed by atoms with Crippen LogP contribution in [0.25, 0.3) is 0 Å². The summed E-state index contributed by atoms with van der Waals surface area (Å²) in [5.41, 5.74) is 2.08. The molecule has 0 aliphatic rings. The summed E-state index contributed by atoms with van der Waals surface area (Å²) in [5.74, 6) is -0.0421. The van der Waals surface area contributed by atoms with Crippen molar-refractivity contribution >= 4 is 17.6 Å². The summed E-state index contributed by atoms with van der Waals surface area (Å²) in [5, 5.41) is 12.6. The van der Waals surface area contributed by atoms with E-state index >= 15 is 0 Å². The van der Waals surface area contributed by atoms with E-state index in [1.807, 2.05) is 31.2 Å². The van der Waals surface area contributed by atoms with Crippen molar-refractivity contribution in [3.63, 3.8) is 0 Å². The minimum absolute atomic E-state index is 0.405. The summed E-state index contributed by atoms with van der Waals surface area (Å²) in [6.07, 6.45) is -1.43. The summed E-state index contributed by atoms with van der Waals surface area (Å²) < 4.78 is 10.6. The van der Waals surface area contributed by atoms with Crippen LogP contribution < -0.4 is 10.1 Å². The van der Waals surface area contributed by atoms with Crippen LogP contribution in [-0.2, 0) is 14.3 Å². The van der Waals surface area contributed by atoms with Crippen LogP contribution in [0, 0.1) is 6.92 Å². The van der Waals surface area contributed by atoms with Gasteiger partial charge in [-0.2, -0.15) is 0 Å². The Bertz CT molecular complexity index is 953. The highest BCUT2D eigenvalue weighted by molar-refractivity contribution is 5.93. The lowest BCUT2D eigenvalue weighted by molar-refractivity contribution is -0.156. The third-order valence-corrected chi connectivity index (χ3v) is 4.08. The van der Waals surface area contributed by atoms with Gasteiger partial charge in [0.05, 0.1) is 0 Å². The van der Waals surface area contributed by atoms with E-state index in [9.17, 15) is 14.7 Å². The molecule has 0 saturated carbocycles. The minimum Gasteiger partial charge on any atom is -0.457 e. The zero-order valence-electron chi connectivity index (χ0n) is 15.9. The molecular formula is C23H21NO5. The Morgan fingerprint density at radius 2 is 1.48 bits per heavy atom. The Hall–Kier alpha value is -3.64. The van der Waals surface area contributed by atoms with Crippen molar-refractivity contribution in [2.75, 3.05) is 11.9 Å². The molecule has 1 amide bonds. The number of hydrogen-bond donors (Lipinski definition) is 2. The molecule has 3 rings (SSSR count). The highest BCUT2D eigenvalue weighted by atomic mass is 16.5. The molecule has 0 fully saturated rings. The van der Waals surface area contributed by atoms with Crippen molar-refractivity contribution in [1.29, 1.82) is 0 Å². The zero-order chi connectivity index (χ0) is 20.6. The Balaban J connectivity index is 1.47. The topological polar surface area (TPSA) is 84.9 Å². The average molecular weight is 391 g/mol. The van der Waals surface area contributed by atoms with Crippen LogP contribution in [0.5, 0.6) is 11.5 Å². The molecule has 6 nitrogen and oxygen atoms in total. The van der Waals surface area contributed by atoms with Crippen molar-refractivity contribution in [3.05, 3.63) is 90.0 Å². The van der Waals surface area contributed by atoms with Gasteiger partial charge in [0.15, 0.2) is 12.7 Å². The Labute approximate surface area is 168 Å². The molecule has 1 atom stereocenters. The first-order valence-corrected chi connectivity index (χ1v) is 9.05. The average Bonchev–Trinajstić information content (AvgIpc) is 2.75. The summed E-state index contributed by atoms with van der Waals surface area (Å²) in [7, 11) is 0. The number of rotatable bonds is 7. The van der Waals surface area contributed by atoms with Gasteiger partial charge in [-0.1, -0.05) is 48.0 Å². The number of aryl methyl sites for hydroxylation is 1. The molecule has 0 spiro atoms. The first kappa shape index (κ1) is 20.1. The van der Waals surface area contributed by atoms with Crippen LogP contribution in [-0.4, -0.2) is 23.6 Å². The maximum Gasteiger partial charge on any atom is 0.340 e. The number of aliphatic hydroxyl groups excluding tert-OH is 1. The summed E-state index contributed by atoms with van der Waals surface area (Å²) in [6, 6.07) is 22.9. The van der Waals surface area contributed by atoms with Crippen LogP contribution >= 0.6 is 0 Å². The van der Waals surface area contributed by atoms with E-state index in [0.717, 1.165) is 11.3 Å². The van der Waals surface area contributed by atoms with Gasteiger partial charge in [0.1, 0.15) is 11.5 Å². The fourth-order valence-electron chi connectivity index (χ4n) is 2.53. The fourth-order valence-corrected chi connectivity index (χ4v) is 2.53. The lowest BCUT2D eigenvalue weighted by atomic mass is 10.1. The molecule has 0 heterocycles. The number of carbonyl (C=O) groups excluding carboxylic acids is 2. The van der Waals surface area contributed by atoms with Crippen LogP contribution in [0.3, 0.4) is 0 Å². The van der Waals surface area contributed by atoms with Crippen molar-refractivity contribution in [2.45, 2.75) is 13.0 Å². The second-order valence-corrected chi connectivity index (χ2v) is 6.41. The zero-order valence-corrected chi connectivity index (χ0v) is 15.9. The van der Waals surface area contributed by atoms with Gasteiger partial charge in [-0.05, 0) is 48.9 Å². The highest BCUT2D eigenvalue weighted by Crippen LogP contribution is 2.23. The molecule has 6 heteroatoms. The quantitative estimate of drug-likeness (QED) is 0.595. The highest BCUT2D eigenvalue weighted by Gasteiger charge is 2.19. The van der Waals surface area contributed by atoms with Gasteiger partial charge in [-0.25, -0.2) is 4.79 Å². The molecule has 0 bridgehead atoms. The smallest absolute Gasteiger partial charge is 0.340 e. The van der Waals surface area contributed by atoms with Gasteiger partial charge in [0.25, 0.3) is 5.91 Å². The summed E-state index contributed by atoms with van der Waals surface area (Å²) in [6.45, 7) is 1.51. The molecule has 148 valence electrons. The van der Waals surface area contributed by atoms with Crippen molar-refractivity contribution in [3.8, 4) is 11.5 Å². The predicted molar refractivity (Wildman–Crippen MR) is 109 cm³/mol. The largest absolute Gasteiger partial charge is 0.457 e. The van der Waals surface area contributed by atoms with E-state index in [4.69, 9.17) is 9.47 Å². The Morgan fingerprint density at radius 3 is 2.10 bits per heavy atom. The number of benzene rings is 3. The molecule has 0 aromatic heterocycles. The molecule has 0 aliphatic heterocycles. The van der Waals surface area contributed by atoms with Crippen LogP contribution in [0.1, 0.15) is 17.2 Å². The van der Waals surface area contributed by atoms with Crippen molar-refractivity contribution in [1.82, 2.24) is 0 Å². The van der Waals surface area contributed by atoms with Gasteiger partial charge in [0, 0.05) is 5.69 Å². The first-order chi connectivity index (χ1) is 14.0. The maximum atomic E-state index is 12.0. The second kappa shape index (κ2) is 9.52. The standard InChI is InChI=1S/C23H21NO5/c1-16-7-11-19(12-8-16)29-20-13-9-18(10-14-20)24-21(25)15-28-23(27)22(26)17-5-3-2-4-6-17/h2-14,22,26H,15H2,1H3,(H,24,25)/t22-/m0/s1. The predicted octanol–water partition coefficient (Wildman–Crippen LogP) is 4.00. The molecule has 2 N–H and O–H groups in total. The van der Waals surface area contributed by atoms with Crippen molar-refractivity contribution in [2.24, 2.45) is 0 Å². The molecule has 0 aliphatic carbocycles. The lowest BCUT2D eigenvalue weighted by Gasteiger charge is -2.11. The number of nitrogens with one attached hydrogen (secondary N) is 1. The van der Waals surface area contributed by atoms with E-state index in [1.165, 1.54) is 0 Å². The molecule has 3 aromatic rings. The number of ether oxygens (including phenoxy) is 2. The molecule has 29 heavy (non-hydrogen) atoms. The number of carbonyl (C=O) groups is 2. The second-order valence-electron chi connectivity index (χ2n) is 6.41. The van der Waals surface area contributed by atoms with Crippen molar-refractivity contribution < 1.29 is 24.2 Å². The van der Waals surface area contributed by atoms with E-state index in [2.05, 4.69) is 5.32 Å². The first-order valence-electron chi connectivity index (χ1n) is 9.05. The Kier molecular flexibility index (Phi) is 6.60. The number of anilines is 1. The van der Waals surface area contributed by atoms with Gasteiger partial charge in [0.2, 0.25) is 0 Å². The summed E-state index contributed by atoms with van der Waals surface area (Å²) >= 11 is 0. The summed E-state index contributed by atoms with van der Waals surface area (Å²) in [4.78, 5) is 23.9. The lowest BCUT2D eigenvalue weighted by Crippen LogP contribution is -2.23. The van der Waals surface area contributed by atoms with Crippen LogP contribution in [0.2, 0.25) is 0 Å². The van der Waals surface area contributed by atoms with E-state index in [0.29, 0.717) is 17.0 Å². The number of amides is 1. The van der Waals surface area contributed by atoms with Crippen LogP contribution in [0.4, 0.5) is 5.69 Å². The molecular weight excluding hydrogens is 370 g/mol. The molecule has 0 radical (unpaired) electrons. The molecule has 3 aromatic carbocycles. The van der Waals surface area contributed by atoms with Gasteiger partial charge in [-0.15, -0.1) is 0 Å². The SMILES string of the molecule is Cc1ccc(Oc2ccc(NC(=O)COC(=O)[C@@H](O)c3ccccc3)cc2)cc1. The van der Waals surface area contributed by atoms with Gasteiger partial charge in [-0.3, -0.25) is 4.79 Å². The number of aliphatic hydroxyl groups is 1. The maximum absolute atomic E-state index is 12.0. The fraction of sp³-hybridized carbons (Fsp3) is 0.130. The third kappa shape index (κ3) is 5.92. The van der Waals surface area contributed by atoms with E-state index < -0.39 is 24.6 Å². The van der Waals surface area contributed by atoms with Gasteiger partial charge < -0.3 is 19.9 Å². The number of hydrogen-bond acceptors (Lipinski definition) is 5. The number of esters is 1. The van der Waals surface area contributed by atoms with E-state index in [1.54, 1.807) is 54.6 Å². The monoisotopic (exact) mass is 391 g/mol.